The summed E-state index contributed by atoms with van der Waals surface area (Å²) >= 11 is 5.82. The molecule has 3 nitrogen and oxygen atoms in total. The summed E-state index contributed by atoms with van der Waals surface area (Å²) in [5.74, 6) is 2.65. The van der Waals surface area contributed by atoms with Crippen molar-refractivity contribution in [2.75, 3.05) is 13.2 Å². The van der Waals surface area contributed by atoms with Crippen LogP contribution in [0.25, 0.3) is 0 Å². The number of aromatic nitrogens is 1. The van der Waals surface area contributed by atoms with Gasteiger partial charge in [-0.1, -0.05) is 6.92 Å². The van der Waals surface area contributed by atoms with Gasteiger partial charge < -0.3 is 9.15 Å². The molecule has 0 aliphatic carbocycles. The van der Waals surface area contributed by atoms with Crippen LogP contribution in [0.5, 0.6) is 0 Å². The largest absolute Gasteiger partial charge is 0.445 e. The maximum atomic E-state index is 5.82. The minimum atomic E-state index is 0.418. The average Bonchev–Trinajstić information content (AvgIpc) is 2.73. The van der Waals surface area contributed by atoms with Crippen LogP contribution in [0.15, 0.2) is 4.42 Å². The van der Waals surface area contributed by atoms with Crippen LogP contribution in [0.4, 0.5) is 0 Å². The molecule has 0 bridgehead atoms. The highest BCUT2D eigenvalue weighted by molar-refractivity contribution is 6.16. The van der Waals surface area contributed by atoms with Crippen molar-refractivity contribution in [1.29, 1.82) is 0 Å². The van der Waals surface area contributed by atoms with Gasteiger partial charge in [-0.15, -0.1) is 11.6 Å². The molecule has 0 aromatic carbocycles. The summed E-state index contributed by atoms with van der Waals surface area (Å²) in [6.07, 6.45) is 2.87. The lowest BCUT2D eigenvalue weighted by molar-refractivity contribution is 0.0791. The molecule has 0 N–H and O–H groups in total. The second kappa shape index (κ2) is 4.99. The molecule has 2 rings (SSSR count). The van der Waals surface area contributed by atoms with E-state index in [0.29, 0.717) is 11.8 Å². The maximum Gasteiger partial charge on any atom is 0.197 e. The van der Waals surface area contributed by atoms with E-state index in [2.05, 4.69) is 11.9 Å². The van der Waals surface area contributed by atoms with Crippen molar-refractivity contribution in [3.63, 3.8) is 0 Å². The summed E-state index contributed by atoms with van der Waals surface area (Å²) < 4.78 is 11.1. The van der Waals surface area contributed by atoms with Crippen LogP contribution in [0.2, 0.25) is 0 Å². The SMILES string of the molecule is CCc1oc(C2CCOCC2)nc1CCl. The van der Waals surface area contributed by atoms with E-state index in [9.17, 15) is 0 Å². The first-order valence-corrected chi connectivity index (χ1v) is 6.00. The van der Waals surface area contributed by atoms with Gasteiger partial charge in [0, 0.05) is 25.6 Å². The van der Waals surface area contributed by atoms with Crippen molar-refractivity contribution in [2.24, 2.45) is 0 Å². The molecule has 1 fully saturated rings. The zero-order valence-electron chi connectivity index (χ0n) is 8.96. The Hall–Kier alpha value is -0.540. The molecule has 15 heavy (non-hydrogen) atoms. The van der Waals surface area contributed by atoms with Crippen LogP contribution in [0, 0.1) is 0 Å². The summed E-state index contributed by atoms with van der Waals surface area (Å²) in [4.78, 5) is 4.47. The maximum absolute atomic E-state index is 5.82. The fourth-order valence-corrected chi connectivity index (χ4v) is 2.11. The molecule has 1 aromatic rings. The summed E-state index contributed by atoms with van der Waals surface area (Å²) in [6.45, 7) is 3.68. The van der Waals surface area contributed by atoms with E-state index in [4.69, 9.17) is 20.8 Å². The molecule has 2 heterocycles. The lowest BCUT2D eigenvalue weighted by atomic mass is 10.0. The molecule has 0 amide bonds. The third-order valence-electron chi connectivity index (χ3n) is 2.81. The van der Waals surface area contributed by atoms with Crippen LogP contribution < -0.4 is 0 Å². The van der Waals surface area contributed by atoms with E-state index in [0.717, 1.165) is 49.8 Å². The number of oxazole rings is 1. The highest BCUT2D eigenvalue weighted by Crippen LogP contribution is 2.28. The second-order valence-electron chi connectivity index (χ2n) is 3.80. The fraction of sp³-hybridized carbons (Fsp3) is 0.727. The standard InChI is InChI=1S/C11H16ClNO2/c1-2-10-9(7-12)13-11(15-10)8-3-5-14-6-4-8/h8H,2-7H2,1H3. The number of ether oxygens (including phenoxy) is 1. The average molecular weight is 230 g/mol. The number of alkyl halides is 1. The van der Waals surface area contributed by atoms with E-state index < -0.39 is 0 Å². The lowest BCUT2D eigenvalue weighted by Crippen LogP contribution is -2.14. The predicted octanol–water partition coefficient (Wildman–Crippen LogP) is 2.87. The van der Waals surface area contributed by atoms with Gasteiger partial charge in [-0.05, 0) is 12.8 Å². The molecule has 4 heteroatoms. The number of hydrogen-bond donors (Lipinski definition) is 0. The van der Waals surface area contributed by atoms with Crippen molar-refractivity contribution >= 4 is 11.6 Å². The number of nitrogens with zero attached hydrogens (tertiary/aromatic N) is 1. The number of halogens is 1. The van der Waals surface area contributed by atoms with Crippen LogP contribution >= 0.6 is 11.6 Å². The molecular weight excluding hydrogens is 214 g/mol. The topological polar surface area (TPSA) is 35.3 Å². The summed E-state index contributed by atoms with van der Waals surface area (Å²) in [6, 6.07) is 0. The van der Waals surface area contributed by atoms with E-state index >= 15 is 0 Å². The minimum Gasteiger partial charge on any atom is -0.445 e. The number of rotatable bonds is 3. The Morgan fingerprint density at radius 3 is 2.67 bits per heavy atom. The van der Waals surface area contributed by atoms with Gasteiger partial charge in [-0.2, -0.15) is 0 Å². The zero-order valence-corrected chi connectivity index (χ0v) is 9.72. The molecular formula is C11H16ClNO2. The van der Waals surface area contributed by atoms with Crippen molar-refractivity contribution in [2.45, 2.75) is 38.0 Å². The molecule has 0 unspecified atom stereocenters. The zero-order chi connectivity index (χ0) is 10.7. The van der Waals surface area contributed by atoms with Gasteiger partial charge in [-0.25, -0.2) is 4.98 Å². The Morgan fingerprint density at radius 2 is 2.13 bits per heavy atom. The number of aryl methyl sites for hydroxylation is 1. The molecule has 1 aliphatic heterocycles. The highest BCUT2D eigenvalue weighted by Gasteiger charge is 2.22. The Kier molecular flexibility index (Phi) is 3.65. The molecule has 1 saturated heterocycles. The van der Waals surface area contributed by atoms with Gasteiger partial charge in [0.1, 0.15) is 5.76 Å². The molecule has 0 spiro atoms. The molecule has 1 aliphatic rings. The van der Waals surface area contributed by atoms with E-state index in [-0.39, 0.29) is 0 Å². The van der Waals surface area contributed by atoms with E-state index in [1.54, 1.807) is 0 Å². The summed E-state index contributed by atoms with van der Waals surface area (Å²) in [5, 5.41) is 0. The third-order valence-corrected chi connectivity index (χ3v) is 3.07. The van der Waals surface area contributed by atoms with Crippen molar-refractivity contribution in [3.8, 4) is 0 Å². The minimum absolute atomic E-state index is 0.418. The molecule has 0 radical (unpaired) electrons. The summed E-state index contributed by atoms with van der Waals surface area (Å²) in [7, 11) is 0. The monoisotopic (exact) mass is 229 g/mol. The van der Waals surface area contributed by atoms with Crippen LogP contribution in [-0.4, -0.2) is 18.2 Å². The first kappa shape index (κ1) is 11.0. The van der Waals surface area contributed by atoms with Gasteiger partial charge >= 0.3 is 0 Å². The quantitative estimate of drug-likeness (QED) is 0.748. The van der Waals surface area contributed by atoms with Crippen molar-refractivity contribution < 1.29 is 9.15 Å². The van der Waals surface area contributed by atoms with Gasteiger partial charge in [0.25, 0.3) is 0 Å². The highest BCUT2D eigenvalue weighted by atomic mass is 35.5. The normalized spacial score (nSPS) is 18.3. The molecule has 0 atom stereocenters. The first-order chi connectivity index (χ1) is 7.35. The smallest absolute Gasteiger partial charge is 0.197 e. The van der Waals surface area contributed by atoms with E-state index in [1.807, 2.05) is 0 Å². The first-order valence-electron chi connectivity index (χ1n) is 5.47. The second-order valence-corrected chi connectivity index (χ2v) is 4.06. The Labute approximate surface area is 94.8 Å². The molecule has 0 saturated carbocycles. The van der Waals surface area contributed by atoms with Crippen molar-refractivity contribution in [1.82, 2.24) is 4.98 Å². The van der Waals surface area contributed by atoms with Crippen LogP contribution in [0.3, 0.4) is 0 Å². The van der Waals surface area contributed by atoms with Gasteiger partial charge in [0.2, 0.25) is 0 Å². The van der Waals surface area contributed by atoms with Gasteiger partial charge in [-0.3, -0.25) is 0 Å². The van der Waals surface area contributed by atoms with E-state index in [1.165, 1.54) is 0 Å². The molecule has 1 aromatic heterocycles. The van der Waals surface area contributed by atoms with Crippen LogP contribution in [-0.2, 0) is 17.0 Å². The molecule has 84 valence electrons. The number of hydrogen-bond acceptors (Lipinski definition) is 3. The fourth-order valence-electron chi connectivity index (χ4n) is 1.90. The lowest BCUT2D eigenvalue weighted by Gasteiger charge is -2.18. The Balaban J connectivity index is 2.16. The van der Waals surface area contributed by atoms with Gasteiger partial charge in [0.15, 0.2) is 5.89 Å². The van der Waals surface area contributed by atoms with Crippen LogP contribution in [0.1, 0.15) is 43.0 Å². The Morgan fingerprint density at radius 1 is 1.40 bits per heavy atom. The predicted molar refractivity (Wildman–Crippen MR) is 58.2 cm³/mol. The Bertz CT molecular complexity index is 297. The van der Waals surface area contributed by atoms with Gasteiger partial charge in [0.05, 0.1) is 11.6 Å². The summed E-state index contributed by atoms with van der Waals surface area (Å²) in [5.41, 5.74) is 0.903. The third kappa shape index (κ3) is 2.34. The van der Waals surface area contributed by atoms with Crippen molar-refractivity contribution in [3.05, 3.63) is 17.3 Å².